The summed E-state index contributed by atoms with van der Waals surface area (Å²) in [7, 11) is 0. The maximum atomic E-state index is 4.77. The fourth-order valence-corrected chi connectivity index (χ4v) is 3.81. The van der Waals surface area contributed by atoms with E-state index in [1.165, 1.54) is 16.7 Å². The van der Waals surface area contributed by atoms with Crippen LogP contribution in [0.15, 0.2) is 41.7 Å². The van der Waals surface area contributed by atoms with Crippen molar-refractivity contribution in [2.45, 2.75) is 27.2 Å². The lowest BCUT2D eigenvalue weighted by Crippen LogP contribution is -2.47. The van der Waals surface area contributed by atoms with Gasteiger partial charge in [-0.25, -0.2) is 9.97 Å². The molecule has 1 aromatic heterocycles. The summed E-state index contributed by atoms with van der Waals surface area (Å²) < 4.78 is 0. The molecule has 0 amide bonds. The van der Waals surface area contributed by atoms with E-state index >= 15 is 0 Å². The van der Waals surface area contributed by atoms with Crippen molar-refractivity contribution in [2.75, 3.05) is 57.3 Å². The van der Waals surface area contributed by atoms with Crippen LogP contribution in [0.4, 0.5) is 5.95 Å². The van der Waals surface area contributed by atoms with Crippen LogP contribution < -0.4 is 15.5 Å². The first-order chi connectivity index (χ1) is 14.6. The SMILES string of the molecule is CCNC(=NCCN1CCN(c2ncccn2)CC1)NCCc1cc(C)cc(C)c1.I. The monoisotopic (exact) mass is 537 g/mol. The Morgan fingerprint density at radius 3 is 2.32 bits per heavy atom. The second-order valence-corrected chi connectivity index (χ2v) is 7.81. The molecule has 1 saturated heterocycles. The highest BCUT2D eigenvalue weighted by molar-refractivity contribution is 14.0. The van der Waals surface area contributed by atoms with Gasteiger partial charge < -0.3 is 15.5 Å². The Labute approximate surface area is 203 Å². The number of piperazine rings is 1. The predicted octanol–water partition coefficient (Wildman–Crippen LogP) is 2.63. The summed E-state index contributed by atoms with van der Waals surface area (Å²) in [5.74, 6) is 1.73. The third-order valence-corrected chi connectivity index (χ3v) is 5.23. The fourth-order valence-electron chi connectivity index (χ4n) is 3.81. The first-order valence-corrected chi connectivity index (χ1v) is 11.0. The Morgan fingerprint density at radius 2 is 1.68 bits per heavy atom. The van der Waals surface area contributed by atoms with Gasteiger partial charge in [0.05, 0.1) is 6.54 Å². The van der Waals surface area contributed by atoms with Gasteiger partial charge in [-0.1, -0.05) is 29.3 Å². The topological polar surface area (TPSA) is 68.7 Å². The number of anilines is 1. The van der Waals surface area contributed by atoms with Gasteiger partial charge in [0.1, 0.15) is 0 Å². The van der Waals surface area contributed by atoms with Crippen molar-refractivity contribution >= 4 is 35.9 Å². The molecule has 170 valence electrons. The number of guanidine groups is 1. The van der Waals surface area contributed by atoms with Gasteiger partial charge in [0.15, 0.2) is 5.96 Å². The molecule has 8 heteroatoms. The number of hydrogen-bond donors (Lipinski definition) is 2. The van der Waals surface area contributed by atoms with E-state index in [9.17, 15) is 0 Å². The minimum Gasteiger partial charge on any atom is -0.357 e. The van der Waals surface area contributed by atoms with E-state index < -0.39 is 0 Å². The summed E-state index contributed by atoms with van der Waals surface area (Å²) in [6, 6.07) is 8.60. The summed E-state index contributed by atoms with van der Waals surface area (Å²) >= 11 is 0. The number of benzene rings is 1. The van der Waals surface area contributed by atoms with Crippen LogP contribution in [0.5, 0.6) is 0 Å². The second-order valence-electron chi connectivity index (χ2n) is 7.81. The second kappa shape index (κ2) is 13.5. The number of aryl methyl sites for hydroxylation is 2. The maximum absolute atomic E-state index is 4.77. The van der Waals surface area contributed by atoms with Crippen LogP contribution >= 0.6 is 24.0 Å². The highest BCUT2D eigenvalue weighted by Crippen LogP contribution is 2.10. The van der Waals surface area contributed by atoms with E-state index in [-0.39, 0.29) is 24.0 Å². The average molecular weight is 537 g/mol. The predicted molar refractivity (Wildman–Crippen MR) is 140 cm³/mol. The van der Waals surface area contributed by atoms with Crippen LogP contribution in [0.3, 0.4) is 0 Å². The standard InChI is InChI=1S/C23H35N7.HI/c1-4-24-22(25-9-6-21-17-19(2)16-20(3)18-21)26-10-11-29-12-14-30(15-13-29)23-27-7-5-8-28-23;/h5,7-8,16-18H,4,6,9-15H2,1-3H3,(H2,24,25,26);1H. The summed E-state index contributed by atoms with van der Waals surface area (Å²) in [5.41, 5.74) is 4.02. The Balaban J connectivity index is 0.00000341. The van der Waals surface area contributed by atoms with E-state index in [2.05, 4.69) is 69.4 Å². The number of hydrogen-bond acceptors (Lipinski definition) is 5. The van der Waals surface area contributed by atoms with Gasteiger partial charge >= 0.3 is 0 Å². The maximum Gasteiger partial charge on any atom is 0.225 e. The molecule has 3 rings (SSSR count). The third kappa shape index (κ3) is 8.60. The number of rotatable bonds is 8. The lowest BCUT2D eigenvalue weighted by Gasteiger charge is -2.34. The van der Waals surface area contributed by atoms with E-state index in [1.54, 1.807) is 12.4 Å². The number of halogens is 1. The quantitative estimate of drug-likeness (QED) is 0.307. The van der Waals surface area contributed by atoms with Gasteiger partial charge in [-0.3, -0.25) is 9.89 Å². The van der Waals surface area contributed by atoms with Gasteiger partial charge in [-0.05, 0) is 38.8 Å². The van der Waals surface area contributed by atoms with Crippen molar-refractivity contribution in [1.82, 2.24) is 25.5 Å². The smallest absolute Gasteiger partial charge is 0.225 e. The zero-order chi connectivity index (χ0) is 21.2. The van der Waals surface area contributed by atoms with E-state index in [1.807, 2.05) is 6.07 Å². The van der Waals surface area contributed by atoms with Gasteiger partial charge in [0.2, 0.25) is 5.95 Å². The number of nitrogens with one attached hydrogen (secondary N) is 2. The normalized spacial score (nSPS) is 14.8. The van der Waals surface area contributed by atoms with Crippen molar-refractivity contribution in [1.29, 1.82) is 0 Å². The van der Waals surface area contributed by atoms with E-state index in [0.717, 1.165) is 70.7 Å². The van der Waals surface area contributed by atoms with Crippen LogP contribution in [0, 0.1) is 13.8 Å². The molecule has 1 aromatic carbocycles. The summed E-state index contributed by atoms with van der Waals surface area (Å²) in [5, 5.41) is 6.82. The first-order valence-electron chi connectivity index (χ1n) is 11.0. The molecule has 0 aliphatic carbocycles. The minimum atomic E-state index is 0. The highest BCUT2D eigenvalue weighted by atomic mass is 127. The lowest BCUT2D eigenvalue weighted by atomic mass is 10.1. The van der Waals surface area contributed by atoms with Crippen LogP contribution in [0.2, 0.25) is 0 Å². The van der Waals surface area contributed by atoms with Crippen molar-refractivity contribution < 1.29 is 0 Å². The molecule has 2 heterocycles. The van der Waals surface area contributed by atoms with Crippen LogP contribution in [0.1, 0.15) is 23.6 Å². The summed E-state index contributed by atoms with van der Waals surface area (Å²) in [4.78, 5) is 18.2. The fraction of sp³-hybridized carbons (Fsp3) is 0.522. The van der Waals surface area contributed by atoms with E-state index in [4.69, 9.17) is 4.99 Å². The Bertz CT molecular complexity index is 785. The van der Waals surface area contributed by atoms with Crippen molar-refractivity contribution in [3.63, 3.8) is 0 Å². The van der Waals surface area contributed by atoms with Crippen LogP contribution in [-0.4, -0.2) is 73.2 Å². The molecule has 1 aliphatic heterocycles. The molecule has 0 saturated carbocycles. The minimum absolute atomic E-state index is 0. The molecule has 0 radical (unpaired) electrons. The Kier molecular flexibility index (Phi) is 11.0. The van der Waals surface area contributed by atoms with Gasteiger partial charge in [-0.2, -0.15) is 0 Å². The van der Waals surface area contributed by atoms with E-state index in [0.29, 0.717) is 0 Å². The molecular weight excluding hydrogens is 501 g/mol. The molecule has 0 spiro atoms. The summed E-state index contributed by atoms with van der Waals surface area (Å²) in [6.45, 7) is 13.9. The molecule has 31 heavy (non-hydrogen) atoms. The largest absolute Gasteiger partial charge is 0.357 e. The van der Waals surface area contributed by atoms with Crippen molar-refractivity contribution in [2.24, 2.45) is 4.99 Å². The zero-order valence-electron chi connectivity index (χ0n) is 19.0. The van der Waals surface area contributed by atoms with Crippen LogP contribution in [-0.2, 0) is 6.42 Å². The molecular formula is C23H36IN7. The number of aliphatic imine (C=N–C) groups is 1. The van der Waals surface area contributed by atoms with Crippen LogP contribution in [0.25, 0.3) is 0 Å². The zero-order valence-corrected chi connectivity index (χ0v) is 21.3. The molecule has 0 unspecified atom stereocenters. The average Bonchev–Trinajstić information content (AvgIpc) is 2.74. The van der Waals surface area contributed by atoms with Gasteiger partial charge in [-0.15, -0.1) is 24.0 Å². The van der Waals surface area contributed by atoms with Gasteiger partial charge in [0.25, 0.3) is 0 Å². The number of nitrogens with zero attached hydrogens (tertiary/aromatic N) is 5. The lowest BCUT2D eigenvalue weighted by molar-refractivity contribution is 0.263. The molecule has 2 N–H and O–H groups in total. The third-order valence-electron chi connectivity index (χ3n) is 5.23. The molecule has 0 atom stereocenters. The first kappa shape index (κ1) is 25.3. The van der Waals surface area contributed by atoms with Crippen molar-refractivity contribution in [3.8, 4) is 0 Å². The Hall–Kier alpha value is -1.94. The molecule has 1 aliphatic rings. The molecule has 1 fully saturated rings. The highest BCUT2D eigenvalue weighted by Gasteiger charge is 2.18. The van der Waals surface area contributed by atoms with Gasteiger partial charge in [0, 0.05) is 58.2 Å². The molecule has 7 nitrogen and oxygen atoms in total. The molecule has 2 aromatic rings. The number of aromatic nitrogens is 2. The van der Waals surface area contributed by atoms with Crippen molar-refractivity contribution in [3.05, 3.63) is 53.3 Å². The summed E-state index contributed by atoms with van der Waals surface area (Å²) in [6.07, 6.45) is 4.61. The molecule has 0 bridgehead atoms. The Morgan fingerprint density at radius 1 is 1.00 bits per heavy atom.